The zero-order valence-electron chi connectivity index (χ0n) is 18.9. The van der Waals surface area contributed by atoms with E-state index in [-0.39, 0.29) is 32.2 Å². The van der Waals surface area contributed by atoms with Crippen LogP contribution in [-0.4, -0.2) is 88.1 Å². The van der Waals surface area contributed by atoms with Gasteiger partial charge in [-0.2, -0.15) is 0 Å². The summed E-state index contributed by atoms with van der Waals surface area (Å²) in [5, 5.41) is 24.4. The van der Waals surface area contributed by atoms with Crippen molar-refractivity contribution in [1.29, 1.82) is 0 Å². The first-order valence-corrected chi connectivity index (χ1v) is 11.1. The minimum Gasteiger partial charge on any atom is -0.480 e. The summed E-state index contributed by atoms with van der Waals surface area (Å²) in [6, 6.07) is -4.57. The molecule has 1 aliphatic heterocycles. The molecule has 13 nitrogen and oxygen atoms in total. The highest BCUT2D eigenvalue weighted by molar-refractivity contribution is 5.94. The molecule has 0 radical (unpaired) electrons. The lowest BCUT2D eigenvalue weighted by molar-refractivity contribution is -0.150. The Hall–Kier alpha value is -2.77. The normalized spacial score (nSPS) is 19.3. The van der Waals surface area contributed by atoms with Gasteiger partial charge >= 0.3 is 5.97 Å². The number of nitrogens with zero attached hydrogens (tertiary/aromatic N) is 1. The number of aliphatic hydroxyl groups is 1. The Labute approximate surface area is 192 Å². The van der Waals surface area contributed by atoms with Crippen molar-refractivity contribution in [2.45, 2.75) is 82.1 Å². The van der Waals surface area contributed by atoms with Crippen molar-refractivity contribution >= 4 is 29.6 Å². The Morgan fingerprint density at radius 3 is 2.30 bits per heavy atom. The van der Waals surface area contributed by atoms with E-state index in [9.17, 15) is 34.2 Å². The van der Waals surface area contributed by atoms with Gasteiger partial charge in [0.2, 0.25) is 23.6 Å². The highest BCUT2D eigenvalue weighted by Crippen LogP contribution is 2.19. The number of carboxylic acid groups (broad SMARTS) is 1. The van der Waals surface area contributed by atoms with Crippen LogP contribution in [0.5, 0.6) is 0 Å². The van der Waals surface area contributed by atoms with Crippen LogP contribution >= 0.6 is 0 Å². The van der Waals surface area contributed by atoms with Crippen molar-refractivity contribution in [3.8, 4) is 0 Å². The molecule has 1 rings (SSSR count). The molecule has 1 aliphatic rings. The lowest BCUT2D eigenvalue weighted by atomic mass is 10.0. The number of unbranched alkanes of at least 4 members (excludes halogenated alkanes) is 1. The molecule has 10 N–H and O–H groups in total. The zero-order valence-corrected chi connectivity index (χ0v) is 18.9. The molecule has 1 saturated heterocycles. The fourth-order valence-electron chi connectivity index (χ4n) is 3.58. The van der Waals surface area contributed by atoms with Crippen LogP contribution in [0.1, 0.15) is 51.9 Å². The van der Waals surface area contributed by atoms with Gasteiger partial charge in [0.15, 0.2) is 0 Å². The number of nitrogens with one attached hydrogen (secondary N) is 2. The van der Waals surface area contributed by atoms with E-state index < -0.39 is 59.9 Å². The van der Waals surface area contributed by atoms with E-state index in [0.29, 0.717) is 25.8 Å². The number of hydrogen-bond donors (Lipinski definition) is 7. The second kappa shape index (κ2) is 13.7. The number of carboxylic acids is 1. The number of likely N-dealkylation sites (tertiary alicyclic amines) is 1. The van der Waals surface area contributed by atoms with E-state index in [1.54, 1.807) is 0 Å². The Balaban J connectivity index is 2.92. The molecule has 0 saturated carbocycles. The number of aliphatic hydroxyl groups excluding tert-OH is 1. The summed E-state index contributed by atoms with van der Waals surface area (Å²) in [6.07, 6.45) is 0.629. The van der Waals surface area contributed by atoms with Crippen molar-refractivity contribution in [1.82, 2.24) is 15.5 Å². The molecule has 188 valence electrons. The third kappa shape index (κ3) is 8.94. The van der Waals surface area contributed by atoms with Crippen LogP contribution in [0.25, 0.3) is 0 Å². The molecule has 0 aromatic heterocycles. The molecule has 0 bridgehead atoms. The molecule has 33 heavy (non-hydrogen) atoms. The van der Waals surface area contributed by atoms with Gasteiger partial charge in [-0.15, -0.1) is 0 Å². The van der Waals surface area contributed by atoms with Gasteiger partial charge in [-0.1, -0.05) is 0 Å². The molecular formula is C20H36N6O7. The van der Waals surface area contributed by atoms with Crippen molar-refractivity contribution in [2.24, 2.45) is 17.2 Å². The van der Waals surface area contributed by atoms with Crippen LogP contribution in [0.15, 0.2) is 0 Å². The van der Waals surface area contributed by atoms with Gasteiger partial charge in [-0.25, -0.2) is 4.79 Å². The number of carbonyl (C=O) groups is 5. The maximum absolute atomic E-state index is 12.9. The van der Waals surface area contributed by atoms with E-state index in [1.165, 1.54) is 6.92 Å². The van der Waals surface area contributed by atoms with E-state index in [2.05, 4.69) is 10.6 Å². The largest absolute Gasteiger partial charge is 0.480 e. The second-order valence-corrected chi connectivity index (χ2v) is 8.21. The molecule has 0 aliphatic carbocycles. The number of nitrogens with two attached hydrogens (primary N) is 3. The van der Waals surface area contributed by atoms with Gasteiger partial charge in [0, 0.05) is 13.0 Å². The lowest BCUT2D eigenvalue weighted by Crippen LogP contribution is -2.59. The summed E-state index contributed by atoms with van der Waals surface area (Å²) in [5.74, 6) is -3.89. The van der Waals surface area contributed by atoms with Crippen molar-refractivity contribution in [3.05, 3.63) is 0 Å². The first kappa shape index (κ1) is 28.3. The summed E-state index contributed by atoms with van der Waals surface area (Å²) in [6.45, 7) is 1.87. The summed E-state index contributed by atoms with van der Waals surface area (Å²) >= 11 is 0. The highest BCUT2D eigenvalue weighted by Gasteiger charge is 2.40. The minimum atomic E-state index is -1.39. The molecule has 4 amide bonds. The molecule has 1 heterocycles. The van der Waals surface area contributed by atoms with Crippen molar-refractivity contribution < 1.29 is 34.2 Å². The Morgan fingerprint density at radius 1 is 1.09 bits per heavy atom. The second-order valence-electron chi connectivity index (χ2n) is 8.21. The lowest BCUT2D eigenvalue weighted by Gasteiger charge is -2.30. The van der Waals surface area contributed by atoms with Crippen molar-refractivity contribution in [2.75, 3.05) is 13.1 Å². The van der Waals surface area contributed by atoms with Crippen LogP contribution in [-0.2, 0) is 24.0 Å². The predicted octanol–water partition coefficient (Wildman–Crippen LogP) is -2.87. The maximum Gasteiger partial charge on any atom is 0.326 e. The third-order valence-corrected chi connectivity index (χ3v) is 5.49. The summed E-state index contributed by atoms with van der Waals surface area (Å²) in [7, 11) is 0. The minimum absolute atomic E-state index is 0.00136. The van der Waals surface area contributed by atoms with Gasteiger partial charge in [0.05, 0.1) is 12.1 Å². The molecule has 0 aromatic carbocycles. The number of rotatable bonds is 14. The average molecular weight is 473 g/mol. The van der Waals surface area contributed by atoms with Gasteiger partial charge in [0.25, 0.3) is 0 Å². The van der Waals surface area contributed by atoms with E-state index in [0.717, 1.165) is 4.90 Å². The summed E-state index contributed by atoms with van der Waals surface area (Å²) in [4.78, 5) is 61.7. The van der Waals surface area contributed by atoms with Gasteiger partial charge < -0.3 is 42.9 Å². The van der Waals surface area contributed by atoms with Crippen LogP contribution < -0.4 is 27.8 Å². The van der Waals surface area contributed by atoms with E-state index in [1.807, 2.05) is 0 Å². The molecule has 0 aromatic rings. The molecule has 1 fully saturated rings. The first-order chi connectivity index (χ1) is 15.5. The van der Waals surface area contributed by atoms with E-state index in [4.69, 9.17) is 17.2 Å². The van der Waals surface area contributed by atoms with Crippen LogP contribution in [0.2, 0.25) is 0 Å². The summed E-state index contributed by atoms with van der Waals surface area (Å²) < 4.78 is 0. The van der Waals surface area contributed by atoms with Crippen LogP contribution in [0.4, 0.5) is 0 Å². The fourth-order valence-corrected chi connectivity index (χ4v) is 3.58. The number of aliphatic carboxylic acids is 1. The van der Waals surface area contributed by atoms with Gasteiger partial charge in [0.1, 0.15) is 18.1 Å². The average Bonchev–Trinajstić information content (AvgIpc) is 3.24. The zero-order chi connectivity index (χ0) is 25.1. The number of amides is 4. The molecule has 5 unspecified atom stereocenters. The summed E-state index contributed by atoms with van der Waals surface area (Å²) in [5.41, 5.74) is 16.3. The quantitative estimate of drug-likeness (QED) is 0.129. The number of hydrogen-bond acceptors (Lipinski definition) is 8. The Kier molecular flexibility index (Phi) is 11.7. The molecule has 13 heteroatoms. The van der Waals surface area contributed by atoms with Crippen LogP contribution in [0, 0.1) is 0 Å². The molecule has 0 spiro atoms. The van der Waals surface area contributed by atoms with Crippen LogP contribution in [0.3, 0.4) is 0 Å². The molecular weight excluding hydrogens is 436 g/mol. The van der Waals surface area contributed by atoms with Gasteiger partial charge in [-0.3, -0.25) is 19.2 Å². The number of carbonyl (C=O) groups excluding carboxylic acids is 4. The first-order valence-electron chi connectivity index (χ1n) is 11.1. The fraction of sp³-hybridized carbons (Fsp3) is 0.750. The smallest absolute Gasteiger partial charge is 0.326 e. The predicted molar refractivity (Wildman–Crippen MR) is 117 cm³/mol. The van der Waals surface area contributed by atoms with Gasteiger partial charge in [-0.05, 0) is 52.0 Å². The standard InChI is InChI=1S/C20H36N6O7/c1-11(27)16(19(31)26-10-4-6-14(26)20(32)33)25-18(30)13(5-2-3-9-21)24-17(29)12(22)7-8-15(23)28/h11-14,16,27H,2-10,21-22H2,1H3,(H2,23,28)(H,24,29)(H,25,30)(H,32,33). The third-order valence-electron chi connectivity index (χ3n) is 5.49. The van der Waals surface area contributed by atoms with E-state index >= 15 is 0 Å². The maximum atomic E-state index is 12.9. The number of primary amides is 1. The Bertz CT molecular complexity index is 717. The Morgan fingerprint density at radius 2 is 1.76 bits per heavy atom. The topological polar surface area (TPSA) is 231 Å². The molecule has 5 atom stereocenters. The highest BCUT2D eigenvalue weighted by atomic mass is 16.4. The monoisotopic (exact) mass is 472 g/mol. The SMILES string of the molecule is CC(O)C(NC(=O)C(CCCCN)NC(=O)C(N)CCC(N)=O)C(=O)N1CCCC1C(=O)O. The van der Waals surface area contributed by atoms with Crippen molar-refractivity contribution in [3.63, 3.8) is 0 Å².